The van der Waals surface area contributed by atoms with Gasteiger partial charge in [-0.05, 0) is 80.1 Å². The van der Waals surface area contributed by atoms with Crippen molar-refractivity contribution in [3.05, 3.63) is 20.8 Å². The Morgan fingerprint density at radius 3 is 2.65 bits per heavy atom. The van der Waals surface area contributed by atoms with Crippen LogP contribution in [0.1, 0.15) is 44.4 Å². The van der Waals surface area contributed by atoms with E-state index in [4.69, 9.17) is 4.74 Å². The summed E-state index contributed by atoms with van der Waals surface area (Å²) in [6.07, 6.45) is 5.99. The molecule has 1 N–H and O–H groups in total. The molecule has 4 heteroatoms. The fourth-order valence-corrected chi connectivity index (χ4v) is 4.87. The zero-order valence-corrected chi connectivity index (χ0v) is 15.1. The Morgan fingerprint density at radius 1 is 1.45 bits per heavy atom. The summed E-state index contributed by atoms with van der Waals surface area (Å²) in [5.41, 5.74) is 0.0203. The molecule has 1 aliphatic rings. The van der Waals surface area contributed by atoms with Gasteiger partial charge in [0.25, 0.3) is 0 Å². The van der Waals surface area contributed by atoms with E-state index in [1.54, 1.807) is 0 Å². The molecule has 1 fully saturated rings. The molecule has 1 atom stereocenters. The van der Waals surface area contributed by atoms with Crippen LogP contribution in [-0.4, -0.2) is 25.3 Å². The summed E-state index contributed by atoms with van der Waals surface area (Å²) in [5, 5.41) is 3.54. The Hall–Kier alpha value is 0.1000. The summed E-state index contributed by atoms with van der Waals surface area (Å²) in [5.74, 6) is 0.844. The van der Waals surface area contributed by atoms with Crippen LogP contribution < -0.4 is 5.32 Å². The van der Waals surface area contributed by atoms with Gasteiger partial charge in [-0.3, -0.25) is 0 Å². The molecule has 1 aromatic rings. The van der Waals surface area contributed by atoms with Crippen molar-refractivity contribution in [1.82, 2.24) is 5.32 Å². The van der Waals surface area contributed by atoms with E-state index in [-0.39, 0.29) is 5.60 Å². The predicted octanol–water partition coefficient (Wildman–Crippen LogP) is 4.63. The first kappa shape index (κ1) is 16.5. The van der Waals surface area contributed by atoms with Crippen molar-refractivity contribution >= 4 is 27.3 Å². The largest absolute Gasteiger partial charge is 0.374 e. The van der Waals surface area contributed by atoms with E-state index < -0.39 is 0 Å². The number of hydrogen-bond acceptors (Lipinski definition) is 3. The topological polar surface area (TPSA) is 21.3 Å². The highest BCUT2D eigenvalue weighted by Crippen LogP contribution is 2.39. The van der Waals surface area contributed by atoms with Crippen LogP contribution >= 0.6 is 27.3 Å². The second-order valence-electron chi connectivity index (χ2n) is 5.93. The number of hydrogen-bond donors (Lipinski definition) is 1. The minimum atomic E-state index is 0.0203. The lowest BCUT2D eigenvalue weighted by molar-refractivity contribution is -0.0946. The van der Waals surface area contributed by atoms with E-state index in [1.165, 1.54) is 34.3 Å². The summed E-state index contributed by atoms with van der Waals surface area (Å²) in [7, 11) is 2.08. The SMILES string of the molecule is CCOC1(C(Cc2ccc(Br)s2)NC)CCC(C)CC1. The summed E-state index contributed by atoms with van der Waals surface area (Å²) in [6.45, 7) is 5.29. The summed E-state index contributed by atoms with van der Waals surface area (Å²) in [4.78, 5) is 1.42. The molecule has 2 rings (SSSR count). The van der Waals surface area contributed by atoms with Gasteiger partial charge in [0.15, 0.2) is 0 Å². The van der Waals surface area contributed by atoms with Gasteiger partial charge in [0.05, 0.1) is 9.39 Å². The fraction of sp³-hybridized carbons (Fsp3) is 0.750. The van der Waals surface area contributed by atoms with Crippen molar-refractivity contribution in [3.63, 3.8) is 0 Å². The second-order valence-corrected chi connectivity index (χ2v) is 8.48. The molecular formula is C16H26BrNOS. The molecule has 0 spiro atoms. The van der Waals surface area contributed by atoms with Gasteiger partial charge in [0.1, 0.15) is 0 Å². The third-order valence-electron chi connectivity index (χ3n) is 4.57. The zero-order valence-electron chi connectivity index (χ0n) is 12.7. The van der Waals surface area contributed by atoms with Gasteiger partial charge in [-0.15, -0.1) is 11.3 Å². The third-order valence-corrected chi connectivity index (χ3v) is 6.22. The van der Waals surface area contributed by atoms with Gasteiger partial charge in [-0.2, -0.15) is 0 Å². The van der Waals surface area contributed by atoms with Gasteiger partial charge in [0, 0.05) is 17.5 Å². The lowest BCUT2D eigenvalue weighted by atomic mass is 9.74. The molecule has 1 unspecified atom stereocenters. The number of halogens is 1. The number of ether oxygens (including phenoxy) is 1. The first-order valence-corrected chi connectivity index (χ1v) is 9.26. The number of likely N-dealkylation sites (N-methyl/N-ethyl adjacent to an activating group) is 1. The molecular weight excluding hydrogens is 334 g/mol. The van der Waals surface area contributed by atoms with E-state index in [9.17, 15) is 0 Å². The first-order chi connectivity index (χ1) is 9.59. The number of nitrogens with one attached hydrogen (secondary N) is 1. The number of thiophene rings is 1. The maximum Gasteiger partial charge on any atom is 0.0838 e. The molecule has 2 nitrogen and oxygen atoms in total. The smallest absolute Gasteiger partial charge is 0.0838 e. The van der Waals surface area contributed by atoms with Crippen LogP contribution in [0.25, 0.3) is 0 Å². The highest BCUT2D eigenvalue weighted by atomic mass is 79.9. The summed E-state index contributed by atoms with van der Waals surface area (Å²) < 4.78 is 7.49. The van der Waals surface area contributed by atoms with Gasteiger partial charge < -0.3 is 10.1 Å². The molecule has 0 saturated heterocycles. The average Bonchev–Trinajstić information content (AvgIpc) is 2.85. The monoisotopic (exact) mass is 359 g/mol. The Morgan fingerprint density at radius 2 is 2.15 bits per heavy atom. The maximum atomic E-state index is 6.28. The van der Waals surface area contributed by atoms with Crippen molar-refractivity contribution in [2.24, 2.45) is 5.92 Å². The Bertz CT molecular complexity index is 412. The normalized spacial score (nSPS) is 28.5. The van der Waals surface area contributed by atoms with E-state index in [0.29, 0.717) is 6.04 Å². The van der Waals surface area contributed by atoms with Crippen molar-refractivity contribution in [2.75, 3.05) is 13.7 Å². The van der Waals surface area contributed by atoms with Crippen LogP contribution in [0.2, 0.25) is 0 Å². The third kappa shape index (κ3) is 3.85. The Labute approximate surface area is 135 Å². The van der Waals surface area contributed by atoms with Crippen molar-refractivity contribution in [2.45, 2.75) is 57.6 Å². The van der Waals surface area contributed by atoms with Gasteiger partial charge in [-0.25, -0.2) is 0 Å². The molecule has 1 aromatic heterocycles. The van der Waals surface area contributed by atoms with Gasteiger partial charge in [0.2, 0.25) is 0 Å². The maximum absolute atomic E-state index is 6.28. The van der Waals surface area contributed by atoms with Crippen LogP contribution in [0.3, 0.4) is 0 Å². The van der Waals surface area contributed by atoms with E-state index in [0.717, 1.165) is 18.9 Å². The molecule has 0 bridgehead atoms. The molecule has 114 valence electrons. The van der Waals surface area contributed by atoms with Crippen LogP contribution in [0.15, 0.2) is 15.9 Å². The minimum absolute atomic E-state index is 0.0203. The van der Waals surface area contributed by atoms with E-state index >= 15 is 0 Å². The minimum Gasteiger partial charge on any atom is -0.374 e. The molecule has 0 aliphatic heterocycles. The molecule has 1 aliphatic carbocycles. The quantitative estimate of drug-likeness (QED) is 0.799. The second kappa shape index (κ2) is 7.39. The van der Waals surface area contributed by atoms with E-state index in [1.807, 2.05) is 11.3 Å². The van der Waals surface area contributed by atoms with Crippen LogP contribution in [0, 0.1) is 5.92 Å². The van der Waals surface area contributed by atoms with Crippen LogP contribution in [-0.2, 0) is 11.2 Å². The van der Waals surface area contributed by atoms with Gasteiger partial charge in [-0.1, -0.05) is 6.92 Å². The molecule has 20 heavy (non-hydrogen) atoms. The predicted molar refractivity (Wildman–Crippen MR) is 90.6 cm³/mol. The summed E-state index contributed by atoms with van der Waals surface area (Å²) in [6, 6.07) is 4.77. The van der Waals surface area contributed by atoms with E-state index in [2.05, 4.69) is 54.3 Å². The van der Waals surface area contributed by atoms with Crippen LogP contribution in [0.5, 0.6) is 0 Å². The number of rotatable bonds is 6. The first-order valence-electron chi connectivity index (χ1n) is 7.65. The highest BCUT2D eigenvalue weighted by molar-refractivity contribution is 9.11. The van der Waals surface area contributed by atoms with Crippen molar-refractivity contribution in [3.8, 4) is 0 Å². The lowest BCUT2D eigenvalue weighted by Crippen LogP contribution is -2.54. The van der Waals surface area contributed by atoms with Gasteiger partial charge >= 0.3 is 0 Å². The molecule has 0 aromatic carbocycles. The standard InChI is InChI=1S/C16H26BrNOS/c1-4-19-16(9-7-12(2)8-10-16)14(18-3)11-13-5-6-15(17)20-13/h5-6,12,14,18H,4,7-11H2,1-3H3. The molecule has 0 amide bonds. The zero-order chi connectivity index (χ0) is 14.6. The Balaban J connectivity index is 2.12. The molecule has 1 heterocycles. The lowest BCUT2D eigenvalue weighted by Gasteiger charge is -2.44. The van der Waals surface area contributed by atoms with Crippen LogP contribution in [0.4, 0.5) is 0 Å². The summed E-state index contributed by atoms with van der Waals surface area (Å²) >= 11 is 5.39. The Kier molecular flexibility index (Phi) is 6.09. The van der Waals surface area contributed by atoms with Crippen molar-refractivity contribution < 1.29 is 4.74 Å². The average molecular weight is 360 g/mol. The molecule has 0 radical (unpaired) electrons. The van der Waals surface area contributed by atoms with Crippen molar-refractivity contribution in [1.29, 1.82) is 0 Å². The fourth-order valence-electron chi connectivity index (χ4n) is 3.35. The molecule has 1 saturated carbocycles. The highest BCUT2D eigenvalue weighted by Gasteiger charge is 2.41.